The van der Waals surface area contributed by atoms with Gasteiger partial charge in [-0.05, 0) is 39.2 Å². The number of anilines is 1. The number of rotatable bonds is 7. The van der Waals surface area contributed by atoms with Crippen LogP contribution in [-0.4, -0.2) is 34.4 Å². The number of nitrogens with one attached hydrogen (secondary N) is 1. The monoisotopic (exact) mass is 423 g/mol. The van der Waals surface area contributed by atoms with Crippen LogP contribution in [0.25, 0.3) is 0 Å². The molecule has 3 rings (SSSR count). The molecular weight excluding hydrogens is 398 g/mol. The van der Waals surface area contributed by atoms with Crippen LogP contribution in [0.4, 0.5) is 5.00 Å². The van der Waals surface area contributed by atoms with E-state index in [9.17, 15) is 9.59 Å². The summed E-state index contributed by atoms with van der Waals surface area (Å²) >= 11 is 2.58. The molecular formula is C19H25N3O4S2. The second kappa shape index (κ2) is 9.56. The van der Waals surface area contributed by atoms with Crippen LogP contribution in [0, 0.1) is 13.8 Å². The lowest BCUT2D eigenvalue weighted by atomic mass is 9.89. The van der Waals surface area contributed by atoms with E-state index in [2.05, 4.69) is 15.5 Å². The van der Waals surface area contributed by atoms with Gasteiger partial charge in [-0.2, -0.15) is 0 Å². The fourth-order valence-electron chi connectivity index (χ4n) is 3.25. The van der Waals surface area contributed by atoms with Crippen LogP contribution in [0.5, 0.6) is 0 Å². The number of aromatic nitrogens is 2. The molecule has 28 heavy (non-hydrogen) atoms. The molecule has 2 aromatic heterocycles. The van der Waals surface area contributed by atoms with Gasteiger partial charge < -0.3 is 14.5 Å². The summed E-state index contributed by atoms with van der Waals surface area (Å²) in [4.78, 5) is 25.6. The summed E-state index contributed by atoms with van der Waals surface area (Å²) < 4.78 is 10.8. The summed E-state index contributed by atoms with van der Waals surface area (Å²) in [5.41, 5.74) is 1.26. The molecule has 2 heterocycles. The predicted octanol–water partition coefficient (Wildman–Crippen LogP) is 4.70. The largest absolute Gasteiger partial charge is 0.462 e. The van der Waals surface area contributed by atoms with Gasteiger partial charge in [0.05, 0.1) is 17.9 Å². The lowest BCUT2D eigenvalue weighted by Gasteiger charge is -2.17. The van der Waals surface area contributed by atoms with Crippen molar-refractivity contribution in [1.29, 1.82) is 0 Å². The second-order valence-electron chi connectivity index (χ2n) is 6.79. The fourth-order valence-corrected chi connectivity index (χ4v) is 4.88. The number of nitrogens with zero attached hydrogens (tertiary/aromatic N) is 2. The van der Waals surface area contributed by atoms with E-state index in [1.54, 1.807) is 6.92 Å². The summed E-state index contributed by atoms with van der Waals surface area (Å²) in [6, 6.07) is 0. The SMILES string of the molecule is CCOC(=O)c1c(NC(=O)CSc2nnc(C3CCCCC3)o2)sc(C)c1C. The van der Waals surface area contributed by atoms with Crippen LogP contribution in [0.2, 0.25) is 0 Å². The van der Waals surface area contributed by atoms with Gasteiger partial charge in [0, 0.05) is 10.8 Å². The van der Waals surface area contributed by atoms with Crippen molar-refractivity contribution in [2.75, 3.05) is 17.7 Å². The Balaban J connectivity index is 1.58. The molecule has 0 spiro atoms. The van der Waals surface area contributed by atoms with Gasteiger partial charge in [-0.15, -0.1) is 21.5 Å². The summed E-state index contributed by atoms with van der Waals surface area (Å²) in [7, 11) is 0. The van der Waals surface area contributed by atoms with Gasteiger partial charge >= 0.3 is 5.97 Å². The normalized spacial score (nSPS) is 14.8. The smallest absolute Gasteiger partial charge is 0.341 e. The molecule has 1 amide bonds. The number of carbonyl (C=O) groups is 2. The zero-order valence-electron chi connectivity index (χ0n) is 16.4. The highest BCUT2D eigenvalue weighted by molar-refractivity contribution is 7.99. The Kier molecular flexibility index (Phi) is 7.12. The number of hydrogen-bond donors (Lipinski definition) is 1. The average Bonchev–Trinajstić information content (AvgIpc) is 3.26. The third-order valence-corrected chi connectivity index (χ3v) is 6.76. The first-order valence-electron chi connectivity index (χ1n) is 9.52. The number of carbonyl (C=O) groups excluding carboxylic acids is 2. The van der Waals surface area contributed by atoms with E-state index >= 15 is 0 Å². The van der Waals surface area contributed by atoms with E-state index < -0.39 is 5.97 Å². The first-order chi connectivity index (χ1) is 13.5. The van der Waals surface area contributed by atoms with E-state index in [0.29, 0.717) is 27.6 Å². The van der Waals surface area contributed by atoms with E-state index in [-0.39, 0.29) is 18.3 Å². The molecule has 2 aromatic rings. The number of ether oxygens (including phenoxy) is 1. The van der Waals surface area contributed by atoms with Crippen LogP contribution in [0.1, 0.15) is 71.6 Å². The van der Waals surface area contributed by atoms with Crippen molar-refractivity contribution in [2.24, 2.45) is 0 Å². The second-order valence-corrected chi connectivity index (χ2v) is 8.94. The first-order valence-corrected chi connectivity index (χ1v) is 11.3. The van der Waals surface area contributed by atoms with Gasteiger partial charge in [-0.25, -0.2) is 4.79 Å². The third-order valence-electron chi connectivity index (χ3n) is 4.82. The standard InChI is InChI=1S/C19H25N3O4S2/c1-4-25-18(24)15-11(2)12(3)28-17(15)20-14(23)10-27-19-22-21-16(26-19)13-8-6-5-7-9-13/h13H,4-10H2,1-3H3,(H,20,23). The minimum Gasteiger partial charge on any atom is -0.462 e. The van der Waals surface area contributed by atoms with E-state index in [1.807, 2.05) is 13.8 Å². The average molecular weight is 424 g/mol. The number of thiophene rings is 1. The van der Waals surface area contributed by atoms with Crippen molar-refractivity contribution in [2.45, 2.75) is 64.0 Å². The summed E-state index contributed by atoms with van der Waals surface area (Å²) in [6.07, 6.45) is 5.82. The molecule has 9 heteroatoms. The quantitative estimate of drug-likeness (QED) is 0.509. The van der Waals surface area contributed by atoms with Crippen molar-refractivity contribution < 1.29 is 18.7 Å². The van der Waals surface area contributed by atoms with Gasteiger partial charge in [0.15, 0.2) is 0 Å². The molecule has 0 aliphatic heterocycles. The van der Waals surface area contributed by atoms with Crippen LogP contribution >= 0.6 is 23.1 Å². The Labute approximate surface area is 172 Å². The number of thioether (sulfide) groups is 1. The van der Waals surface area contributed by atoms with Crippen molar-refractivity contribution >= 4 is 40.0 Å². The number of hydrogen-bond acceptors (Lipinski definition) is 8. The van der Waals surface area contributed by atoms with Gasteiger partial charge in [-0.1, -0.05) is 31.0 Å². The highest BCUT2D eigenvalue weighted by Crippen LogP contribution is 2.34. The molecule has 0 aromatic carbocycles. The molecule has 0 radical (unpaired) electrons. The number of esters is 1. The van der Waals surface area contributed by atoms with Gasteiger partial charge in [0.2, 0.25) is 11.8 Å². The fraction of sp³-hybridized carbons (Fsp3) is 0.579. The van der Waals surface area contributed by atoms with Crippen LogP contribution in [0.15, 0.2) is 9.64 Å². The van der Waals surface area contributed by atoms with Crippen molar-refractivity contribution in [3.63, 3.8) is 0 Å². The van der Waals surface area contributed by atoms with Crippen LogP contribution in [-0.2, 0) is 9.53 Å². The molecule has 0 atom stereocenters. The molecule has 152 valence electrons. The first kappa shape index (κ1) is 20.9. The number of amides is 1. The lowest BCUT2D eigenvalue weighted by Crippen LogP contribution is -2.16. The predicted molar refractivity (Wildman–Crippen MR) is 109 cm³/mol. The minimum atomic E-state index is -0.415. The summed E-state index contributed by atoms with van der Waals surface area (Å²) in [6.45, 7) is 5.82. The maximum absolute atomic E-state index is 12.4. The number of aryl methyl sites for hydroxylation is 1. The van der Waals surface area contributed by atoms with E-state index in [1.165, 1.54) is 42.4 Å². The Hall–Kier alpha value is -1.87. The van der Waals surface area contributed by atoms with E-state index in [0.717, 1.165) is 23.3 Å². The van der Waals surface area contributed by atoms with Gasteiger partial charge in [0.1, 0.15) is 5.00 Å². The maximum Gasteiger partial charge on any atom is 0.341 e. The van der Waals surface area contributed by atoms with Gasteiger partial charge in [0.25, 0.3) is 5.22 Å². The Morgan fingerprint density at radius 1 is 1.25 bits per heavy atom. The van der Waals surface area contributed by atoms with Crippen molar-refractivity contribution in [1.82, 2.24) is 10.2 Å². The molecule has 1 aliphatic rings. The lowest BCUT2D eigenvalue weighted by molar-refractivity contribution is -0.113. The Morgan fingerprint density at radius 3 is 2.71 bits per heavy atom. The Bertz CT molecular complexity index is 840. The maximum atomic E-state index is 12.4. The molecule has 0 saturated heterocycles. The minimum absolute atomic E-state index is 0.130. The zero-order valence-corrected chi connectivity index (χ0v) is 18.0. The molecule has 0 bridgehead atoms. The zero-order chi connectivity index (χ0) is 20.1. The molecule has 1 N–H and O–H groups in total. The molecule has 1 fully saturated rings. The summed E-state index contributed by atoms with van der Waals surface area (Å²) in [5, 5.41) is 11.9. The third kappa shape index (κ3) is 4.94. The molecule has 1 aliphatic carbocycles. The van der Waals surface area contributed by atoms with Crippen LogP contribution in [0.3, 0.4) is 0 Å². The summed E-state index contributed by atoms with van der Waals surface area (Å²) in [5.74, 6) is 0.505. The van der Waals surface area contributed by atoms with E-state index in [4.69, 9.17) is 9.15 Å². The molecule has 0 unspecified atom stereocenters. The molecule has 1 saturated carbocycles. The van der Waals surface area contributed by atoms with Crippen molar-refractivity contribution in [3.05, 3.63) is 21.9 Å². The van der Waals surface area contributed by atoms with Crippen LogP contribution < -0.4 is 5.32 Å². The Morgan fingerprint density at radius 2 is 2.00 bits per heavy atom. The van der Waals surface area contributed by atoms with Crippen molar-refractivity contribution in [3.8, 4) is 0 Å². The highest BCUT2D eigenvalue weighted by atomic mass is 32.2. The van der Waals surface area contributed by atoms with Gasteiger partial charge in [-0.3, -0.25) is 4.79 Å². The topological polar surface area (TPSA) is 94.3 Å². The molecule has 7 nitrogen and oxygen atoms in total. The highest BCUT2D eigenvalue weighted by Gasteiger charge is 2.23.